The Bertz CT molecular complexity index is 420. The maximum absolute atomic E-state index is 13.9. The molecule has 1 N–H and O–H groups in total. The Balaban J connectivity index is 2.29. The molecule has 112 valence electrons. The topological polar surface area (TPSA) is 24.5 Å². The average Bonchev–Trinajstić information content (AvgIpc) is 2.43. The Kier molecular flexibility index (Phi) is 5.52. The lowest BCUT2D eigenvalue weighted by atomic mass is 9.96. The van der Waals surface area contributed by atoms with Crippen LogP contribution in [0.4, 0.5) is 4.39 Å². The van der Waals surface area contributed by atoms with Crippen molar-refractivity contribution in [2.45, 2.75) is 32.4 Å². The molecule has 4 heteroatoms. The van der Waals surface area contributed by atoms with E-state index < -0.39 is 0 Å². The third-order valence-corrected chi connectivity index (χ3v) is 3.91. The minimum absolute atomic E-state index is 0.0717. The number of rotatable bonds is 5. The molecule has 2 atom stereocenters. The van der Waals surface area contributed by atoms with Crippen LogP contribution < -0.4 is 5.32 Å². The van der Waals surface area contributed by atoms with Crippen LogP contribution in [0.1, 0.15) is 30.5 Å². The second kappa shape index (κ2) is 7.16. The Morgan fingerprint density at radius 2 is 2.25 bits per heavy atom. The third kappa shape index (κ3) is 3.37. The fourth-order valence-corrected chi connectivity index (χ4v) is 2.92. The van der Waals surface area contributed by atoms with Crippen LogP contribution >= 0.6 is 0 Å². The summed E-state index contributed by atoms with van der Waals surface area (Å²) in [6.07, 6.45) is 1.17. The first-order chi connectivity index (χ1) is 9.67. The second-order valence-corrected chi connectivity index (χ2v) is 5.46. The summed E-state index contributed by atoms with van der Waals surface area (Å²) in [6, 6.07) is 5.69. The van der Waals surface area contributed by atoms with Gasteiger partial charge in [-0.2, -0.15) is 0 Å². The summed E-state index contributed by atoms with van der Waals surface area (Å²) >= 11 is 0. The molecule has 1 aromatic rings. The van der Waals surface area contributed by atoms with E-state index in [1.165, 1.54) is 0 Å². The molecule has 20 heavy (non-hydrogen) atoms. The number of hydrogen-bond donors (Lipinski definition) is 1. The maximum Gasteiger partial charge on any atom is 0.126 e. The molecule has 1 aromatic carbocycles. The maximum atomic E-state index is 13.9. The van der Waals surface area contributed by atoms with Gasteiger partial charge in [0.25, 0.3) is 0 Å². The van der Waals surface area contributed by atoms with Crippen LogP contribution in [0, 0.1) is 12.7 Å². The van der Waals surface area contributed by atoms with Crippen LogP contribution in [-0.4, -0.2) is 44.3 Å². The highest BCUT2D eigenvalue weighted by Crippen LogP contribution is 2.30. The Labute approximate surface area is 121 Å². The van der Waals surface area contributed by atoms with Crippen LogP contribution in [-0.2, 0) is 4.74 Å². The third-order valence-electron chi connectivity index (χ3n) is 3.91. The average molecular weight is 280 g/mol. The summed E-state index contributed by atoms with van der Waals surface area (Å²) in [6.45, 7) is 7.43. The van der Waals surface area contributed by atoms with Crippen molar-refractivity contribution >= 4 is 0 Å². The lowest BCUT2D eigenvalue weighted by Gasteiger charge is -2.41. The van der Waals surface area contributed by atoms with E-state index >= 15 is 0 Å². The molecule has 1 aliphatic rings. The van der Waals surface area contributed by atoms with Gasteiger partial charge in [0.2, 0.25) is 0 Å². The van der Waals surface area contributed by atoms with Crippen LogP contribution in [0.2, 0.25) is 0 Å². The van der Waals surface area contributed by atoms with Gasteiger partial charge in [-0.3, -0.25) is 4.90 Å². The summed E-state index contributed by atoms with van der Waals surface area (Å²) in [4.78, 5) is 2.41. The van der Waals surface area contributed by atoms with Gasteiger partial charge in [-0.15, -0.1) is 0 Å². The summed E-state index contributed by atoms with van der Waals surface area (Å²) in [5.41, 5.74) is 1.71. The van der Waals surface area contributed by atoms with Crippen molar-refractivity contribution in [3.63, 3.8) is 0 Å². The van der Waals surface area contributed by atoms with E-state index in [2.05, 4.69) is 17.1 Å². The van der Waals surface area contributed by atoms with Gasteiger partial charge in [-0.1, -0.05) is 19.1 Å². The van der Waals surface area contributed by atoms with Crippen LogP contribution in [0.3, 0.4) is 0 Å². The van der Waals surface area contributed by atoms with Gasteiger partial charge >= 0.3 is 0 Å². The van der Waals surface area contributed by atoms with Gasteiger partial charge < -0.3 is 10.1 Å². The molecule has 2 rings (SSSR count). The number of nitrogens with zero attached hydrogens (tertiary/aromatic N) is 1. The Hall–Kier alpha value is -0.970. The Morgan fingerprint density at radius 1 is 1.45 bits per heavy atom. The van der Waals surface area contributed by atoms with E-state index in [1.807, 2.05) is 19.2 Å². The standard InChI is InChI=1S/C16H25FN2O/c1-4-7-19-8-9-20-15(11-18-3)16(19)13-6-5-12(2)14(17)10-13/h5-6,10,15-16,18H,4,7-9,11H2,1-3H3. The summed E-state index contributed by atoms with van der Waals surface area (Å²) in [7, 11) is 1.93. The van der Waals surface area contributed by atoms with E-state index in [0.717, 1.165) is 38.2 Å². The monoisotopic (exact) mass is 280 g/mol. The molecule has 3 nitrogen and oxygen atoms in total. The van der Waals surface area contributed by atoms with E-state index in [0.29, 0.717) is 5.56 Å². The van der Waals surface area contributed by atoms with Crippen LogP contribution in [0.15, 0.2) is 18.2 Å². The van der Waals surface area contributed by atoms with Crippen molar-refractivity contribution in [1.29, 1.82) is 0 Å². The first-order valence-electron chi connectivity index (χ1n) is 7.43. The minimum atomic E-state index is -0.132. The van der Waals surface area contributed by atoms with Gasteiger partial charge in [0, 0.05) is 13.1 Å². The molecule has 0 amide bonds. The molecule has 1 fully saturated rings. The summed E-state index contributed by atoms with van der Waals surface area (Å²) < 4.78 is 19.8. The van der Waals surface area contributed by atoms with E-state index in [1.54, 1.807) is 13.0 Å². The number of hydrogen-bond acceptors (Lipinski definition) is 3. The minimum Gasteiger partial charge on any atom is -0.374 e. The molecule has 0 aromatic heterocycles. The zero-order valence-corrected chi connectivity index (χ0v) is 12.7. The first-order valence-corrected chi connectivity index (χ1v) is 7.43. The highest BCUT2D eigenvalue weighted by atomic mass is 19.1. The number of benzene rings is 1. The molecule has 0 spiro atoms. The quantitative estimate of drug-likeness (QED) is 0.897. The zero-order chi connectivity index (χ0) is 14.5. The molecule has 0 bridgehead atoms. The zero-order valence-electron chi connectivity index (χ0n) is 12.7. The molecule has 0 radical (unpaired) electrons. The van der Waals surface area contributed by atoms with Crippen LogP contribution in [0.5, 0.6) is 0 Å². The van der Waals surface area contributed by atoms with Gasteiger partial charge in [-0.05, 0) is 44.1 Å². The highest BCUT2D eigenvalue weighted by Gasteiger charge is 2.32. The lowest BCUT2D eigenvalue weighted by Crippen LogP contribution is -2.48. The molecular formula is C16H25FN2O. The van der Waals surface area contributed by atoms with Gasteiger partial charge in [-0.25, -0.2) is 4.39 Å². The van der Waals surface area contributed by atoms with Crippen molar-refractivity contribution in [2.75, 3.05) is 33.3 Å². The molecule has 0 saturated carbocycles. The summed E-state index contributed by atoms with van der Waals surface area (Å²) in [5, 5.41) is 3.18. The van der Waals surface area contributed by atoms with Crippen molar-refractivity contribution in [1.82, 2.24) is 10.2 Å². The number of aryl methyl sites for hydroxylation is 1. The van der Waals surface area contributed by atoms with Crippen molar-refractivity contribution in [2.24, 2.45) is 0 Å². The van der Waals surface area contributed by atoms with Gasteiger partial charge in [0.1, 0.15) is 5.82 Å². The SMILES string of the molecule is CCCN1CCOC(CNC)C1c1ccc(C)c(F)c1. The predicted molar refractivity (Wildman–Crippen MR) is 79.4 cm³/mol. The lowest BCUT2D eigenvalue weighted by molar-refractivity contribution is -0.0705. The number of halogens is 1. The highest BCUT2D eigenvalue weighted by molar-refractivity contribution is 5.27. The van der Waals surface area contributed by atoms with Crippen molar-refractivity contribution in [3.8, 4) is 0 Å². The molecule has 1 heterocycles. The molecule has 2 unspecified atom stereocenters. The number of nitrogens with one attached hydrogen (secondary N) is 1. The molecule has 1 aliphatic heterocycles. The molecular weight excluding hydrogens is 255 g/mol. The fourth-order valence-electron chi connectivity index (χ4n) is 2.92. The summed E-state index contributed by atoms with van der Waals surface area (Å²) in [5.74, 6) is -0.132. The number of ether oxygens (including phenoxy) is 1. The largest absolute Gasteiger partial charge is 0.374 e. The van der Waals surface area contributed by atoms with Gasteiger partial charge in [0.15, 0.2) is 0 Å². The number of likely N-dealkylation sites (N-methyl/N-ethyl adjacent to an activating group) is 1. The normalized spacial score (nSPS) is 24.0. The van der Waals surface area contributed by atoms with Crippen LogP contribution in [0.25, 0.3) is 0 Å². The smallest absolute Gasteiger partial charge is 0.126 e. The van der Waals surface area contributed by atoms with E-state index in [4.69, 9.17) is 4.74 Å². The van der Waals surface area contributed by atoms with Gasteiger partial charge in [0.05, 0.1) is 18.8 Å². The Morgan fingerprint density at radius 3 is 2.90 bits per heavy atom. The van der Waals surface area contributed by atoms with Crippen molar-refractivity contribution < 1.29 is 9.13 Å². The predicted octanol–water partition coefficient (Wildman–Crippen LogP) is 2.51. The van der Waals surface area contributed by atoms with E-state index in [-0.39, 0.29) is 18.0 Å². The number of morpholine rings is 1. The van der Waals surface area contributed by atoms with Crippen molar-refractivity contribution in [3.05, 3.63) is 35.1 Å². The molecule has 0 aliphatic carbocycles. The first kappa shape index (κ1) is 15.4. The molecule has 1 saturated heterocycles. The fraction of sp³-hybridized carbons (Fsp3) is 0.625. The van der Waals surface area contributed by atoms with E-state index in [9.17, 15) is 4.39 Å². The second-order valence-electron chi connectivity index (χ2n) is 5.46.